The second-order valence-electron chi connectivity index (χ2n) is 14.8. The van der Waals surface area contributed by atoms with Gasteiger partial charge in [-0.15, -0.1) is 0 Å². The van der Waals surface area contributed by atoms with Gasteiger partial charge in [0.1, 0.15) is 0 Å². The summed E-state index contributed by atoms with van der Waals surface area (Å²) < 4.78 is 12.0. The second kappa shape index (κ2) is 5.58. The van der Waals surface area contributed by atoms with Crippen LogP contribution in [0.25, 0.3) is 0 Å². The first-order valence-corrected chi connectivity index (χ1v) is 35.1. The molecule has 0 amide bonds. The van der Waals surface area contributed by atoms with Crippen molar-refractivity contribution in [3.05, 3.63) is 47.6 Å². The van der Waals surface area contributed by atoms with Gasteiger partial charge in [-0.25, -0.2) is 0 Å². The van der Waals surface area contributed by atoms with Gasteiger partial charge in [-0.3, -0.25) is 0 Å². The molecule has 2 aliphatic carbocycles. The van der Waals surface area contributed by atoms with Gasteiger partial charge in [0.25, 0.3) is 0 Å². The number of halogens is 1. The zero-order valence-electron chi connectivity index (χ0n) is 18.2. The Labute approximate surface area is 162 Å². The number of unbranched alkanes of at least 4 members (excludes halogenated alkanes) is 2. The average Bonchev–Trinajstić information content (AvgIpc) is 3.11. The molecule has 2 atom stereocenters. The van der Waals surface area contributed by atoms with Crippen molar-refractivity contribution in [1.82, 2.24) is 0 Å². The van der Waals surface area contributed by atoms with Gasteiger partial charge in [-0.05, 0) is 0 Å². The predicted octanol–water partition coefficient (Wildman–Crippen LogP) is 3.53. The minimum Gasteiger partial charge on any atom is -1.00 e. The summed E-state index contributed by atoms with van der Waals surface area (Å²) in [5, 5.41) is 0. The van der Waals surface area contributed by atoms with Gasteiger partial charge in [0.15, 0.2) is 0 Å². The molecule has 0 saturated heterocycles. The van der Waals surface area contributed by atoms with E-state index >= 15 is 0 Å². The Morgan fingerprint density at radius 2 is 1.12 bits per heavy atom. The summed E-state index contributed by atoms with van der Waals surface area (Å²) in [6.07, 6.45) is 22.9. The van der Waals surface area contributed by atoms with Crippen LogP contribution in [0, 0.1) is 0 Å². The van der Waals surface area contributed by atoms with Crippen molar-refractivity contribution in [2.24, 2.45) is 0 Å². The van der Waals surface area contributed by atoms with Crippen molar-refractivity contribution >= 4 is 13.8 Å². The van der Waals surface area contributed by atoms with Gasteiger partial charge in [-0.1, -0.05) is 0 Å². The van der Waals surface area contributed by atoms with Crippen LogP contribution in [0.5, 0.6) is 0 Å². The number of hydrogen-bond acceptors (Lipinski definition) is 0. The monoisotopic (exact) mass is 487 g/mol. The van der Waals surface area contributed by atoms with E-state index in [0.29, 0.717) is 7.25 Å². The standard InChI is InChI=1S/2C9H13.4CH3.ClH.2H2Si.Zr/c2*1-2-3-6-9-7-4-5-8-9;;;;;;;;/h2*4-5,7-8H,2-3,6H2,1H3;4*1H3;1H;2*1H2;/q;;;;;;;;;-6/p-1. The van der Waals surface area contributed by atoms with E-state index in [0.717, 1.165) is 0 Å². The van der Waals surface area contributed by atoms with Crippen molar-refractivity contribution in [3.63, 3.8) is 0 Å². The van der Waals surface area contributed by atoms with E-state index in [1.807, 2.05) is 0 Å². The van der Waals surface area contributed by atoms with Crippen molar-refractivity contribution in [1.29, 1.82) is 0 Å². The molecule has 0 heterocycles. The van der Waals surface area contributed by atoms with Gasteiger partial charge in [0.05, 0.1) is 0 Å². The Morgan fingerprint density at radius 1 is 0.769 bits per heavy atom. The molecule has 0 aromatic heterocycles. The Kier molecular flexibility index (Phi) is 5.28. The minimum absolute atomic E-state index is 0. The molecule has 0 spiro atoms. The molecule has 0 saturated carbocycles. The Morgan fingerprint density at radius 3 is 1.42 bits per heavy atom. The molecule has 2 unspecified atom stereocenters. The molecule has 0 radical (unpaired) electrons. The van der Waals surface area contributed by atoms with Crippen molar-refractivity contribution in [2.75, 3.05) is 0 Å². The van der Waals surface area contributed by atoms with Gasteiger partial charge < -0.3 is 12.4 Å². The van der Waals surface area contributed by atoms with E-state index in [-0.39, 0.29) is 12.4 Å². The van der Waals surface area contributed by atoms with Crippen molar-refractivity contribution < 1.29 is 24.0 Å². The summed E-state index contributed by atoms with van der Waals surface area (Å²) in [5.41, 5.74) is 3.14. The third-order valence-corrected chi connectivity index (χ3v) is 40.0. The number of hydrogen-bond donors (Lipinski definition) is 0. The van der Waals surface area contributed by atoms with Crippen LogP contribution >= 0.6 is 0 Å². The molecule has 0 nitrogen and oxygen atoms in total. The molecule has 0 aliphatic heterocycles. The van der Waals surface area contributed by atoms with Gasteiger partial charge in [0.2, 0.25) is 0 Å². The smallest absolute Gasteiger partial charge is 1.00 e. The normalized spacial score (nSPS) is 28.2. The van der Waals surface area contributed by atoms with Gasteiger partial charge in [0, 0.05) is 0 Å². The molecule has 0 aromatic carbocycles. The molecule has 0 fully saturated rings. The fourth-order valence-electron chi connectivity index (χ4n) is 4.61. The predicted molar refractivity (Wildman–Crippen MR) is 122 cm³/mol. The minimum atomic E-state index is -4.49. The zero-order valence-corrected chi connectivity index (χ0v) is 24.2. The first-order chi connectivity index (χ1) is 11.0. The van der Waals surface area contributed by atoms with E-state index in [2.05, 4.69) is 82.6 Å². The van der Waals surface area contributed by atoms with Crippen LogP contribution in [0.4, 0.5) is 0 Å². The average molecular weight is 489 g/mol. The Hall–Kier alpha value is 0.567. The fourth-order valence-corrected chi connectivity index (χ4v) is 23.8. The van der Waals surface area contributed by atoms with E-state index in [9.17, 15) is 0 Å². The summed E-state index contributed by atoms with van der Waals surface area (Å²) in [4.78, 5) is 0. The van der Waals surface area contributed by atoms with E-state index in [4.69, 9.17) is 0 Å². The summed E-state index contributed by atoms with van der Waals surface area (Å²) >= 11 is -4.49. The molecule has 156 valence electrons. The van der Waals surface area contributed by atoms with Crippen LogP contribution in [0.1, 0.15) is 52.4 Å². The molecular formula is C22H42ClSi2Zr-7. The van der Waals surface area contributed by atoms with Crippen molar-refractivity contribution in [2.45, 2.75) is 78.2 Å². The van der Waals surface area contributed by atoms with Crippen molar-refractivity contribution in [3.8, 4) is 0 Å². The summed E-state index contributed by atoms with van der Waals surface area (Å²) in [7, 11) is 0. The first kappa shape index (κ1) is 24.6. The summed E-state index contributed by atoms with van der Waals surface area (Å²) in [6.45, 7) is 9.40. The molecule has 2 aliphatic rings. The topological polar surface area (TPSA) is 0 Å². The number of allylic oxidation sites excluding steroid dienone is 8. The molecule has 0 N–H and O–H groups in total. The van der Waals surface area contributed by atoms with E-state index in [1.165, 1.54) is 38.5 Å². The molecule has 26 heavy (non-hydrogen) atoms. The van der Waals surface area contributed by atoms with Crippen LogP contribution < -0.4 is 12.4 Å². The quantitative estimate of drug-likeness (QED) is 0.458. The maximum absolute atomic E-state index is 4.49. The Bertz CT molecular complexity index is 885. The fraction of sp³-hybridized carbons (Fsp3) is 0.636. The first-order valence-electron chi connectivity index (χ1n) is 10.6. The largest absolute Gasteiger partial charge is 1.00 e. The van der Waals surface area contributed by atoms with Crippen LogP contribution in [0.2, 0.25) is 25.8 Å². The molecule has 0 bridgehead atoms. The maximum Gasteiger partial charge on any atom is -1.00 e. The van der Waals surface area contributed by atoms with E-state index < -0.39 is 11.6 Å². The maximum atomic E-state index is 2.71. The number of rotatable bonds is 8. The molecule has 4 heteroatoms. The van der Waals surface area contributed by atoms with Crippen LogP contribution in [0.3, 0.4) is 0 Å². The third kappa shape index (κ3) is 4.58. The second-order valence-corrected chi connectivity index (χ2v) is 119. The van der Waals surface area contributed by atoms with Crippen LogP contribution in [-0.4, -0.2) is 13.8 Å². The van der Waals surface area contributed by atoms with Crippen LogP contribution in [0.15, 0.2) is 47.6 Å². The molecular weight excluding hydrogens is 447 g/mol. The molecule has 0 aromatic rings. The third-order valence-electron chi connectivity index (χ3n) is 7.45. The van der Waals surface area contributed by atoms with E-state index in [1.54, 1.807) is 11.1 Å². The molecule has 2 rings (SSSR count). The van der Waals surface area contributed by atoms with Crippen LogP contribution in [-0.2, 0) is 11.6 Å². The summed E-state index contributed by atoms with van der Waals surface area (Å²) in [5.74, 6) is 0. The van der Waals surface area contributed by atoms with Gasteiger partial charge >= 0.3 is 151 Å². The summed E-state index contributed by atoms with van der Waals surface area (Å²) in [6, 6.07) is 0. The zero-order chi connectivity index (χ0) is 19.1. The Balaban J connectivity index is 0.00000338. The van der Waals surface area contributed by atoms with Gasteiger partial charge in [-0.2, -0.15) is 0 Å². The SMILES string of the molecule is CCCCC1=C[CH]([Zr-6]([CH3])([CH3])([CH3])([CH3])(=[SiH2])(=[SiH2])[CH]2C=CC(CCCC)=C2)C=C1.[Cl-].